The van der Waals surface area contributed by atoms with Crippen LogP contribution in [0.4, 0.5) is 5.69 Å². The van der Waals surface area contributed by atoms with E-state index in [-0.39, 0.29) is 24.1 Å². The quantitative estimate of drug-likeness (QED) is 0.427. The molecule has 1 heterocycles. The van der Waals surface area contributed by atoms with Crippen LogP contribution >= 0.6 is 11.6 Å². The summed E-state index contributed by atoms with van der Waals surface area (Å²) in [5.74, 6) is 0.467. The Labute approximate surface area is 188 Å². The van der Waals surface area contributed by atoms with Crippen molar-refractivity contribution in [3.63, 3.8) is 0 Å². The third kappa shape index (κ3) is 4.81. The van der Waals surface area contributed by atoms with E-state index in [9.17, 15) is 9.59 Å². The van der Waals surface area contributed by atoms with Crippen LogP contribution in [-0.4, -0.2) is 39.0 Å². The average Bonchev–Trinajstić information content (AvgIpc) is 3.27. The number of rotatable bonds is 7. The first kappa shape index (κ1) is 21.2. The summed E-state index contributed by atoms with van der Waals surface area (Å²) in [5.41, 5.74) is 2.03. The molecule has 0 spiro atoms. The van der Waals surface area contributed by atoms with Gasteiger partial charge in [-0.3, -0.25) is 9.59 Å². The molecule has 32 heavy (non-hydrogen) atoms. The van der Waals surface area contributed by atoms with Crippen LogP contribution in [0.15, 0.2) is 72.8 Å². The number of methoxy groups -OCH3 is 1. The van der Waals surface area contributed by atoms with Gasteiger partial charge in [0, 0.05) is 21.7 Å². The van der Waals surface area contributed by atoms with E-state index in [1.54, 1.807) is 79.9 Å². The largest absolute Gasteiger partial charge is 0.497 e. The Balaban J connectivity index is 1.51. The number of tetrazole rings is 1. The predicted octanol–water partition coefficient (Wildman–Crippen LogP) is 4.14. The number of hydrogen-bond donors (Lipinski definition) is 1. The molecule has 0 aliphatic heterocycles. The lowest BCUT2D eigenvalue weighted by Gasteiger charge is -2.09. The highest BCUT2D eigenvalue weighted by Gasteiger charge is 2.16. The number of carbonyl (C=O) groups is 2. The summed E-state index contributed by atoms with van der Waals surface area (Å²) in [7, 11) is 1.56. The van der Waals surface area contributed by atoms with Crippen molar-refractivity contribution in [2.75, 3.05) is 12.4 Å². The number of para-hydroxylation sites is 1. The van der Waals surface area contributed by atoms with Crippen molar-refractivity contribution >= 4 is 29.0 Å². The maximum Gasteiger partial charge on any atom is 0.255 e. The molecule has 160 valence electrons. The van der Waals surface area contributed by atoms with E-state index in [4.69, 9.17) is 16.3 Å². The Morgan fingerprint density at radius 1 is 1.00 bits per heavy atom. The number of nitrogens with zero attached hydrogens (tertiary/aromatic N) is 4. The lowest BCUT2D eigenvalue weighted by molar-refractivity contribution is 0.0960. The zero-order valence-electron chi connectivity index (χ0n) is 17.0. The Hall–Kier alpha value is -4.04. The number of aromatic nitrogens is 4. The average molecular weight is 448 g/mol. The van der Waals surface area contributed by atoms with Gasteiger partial charge in [0.15, 0.2) is 5.78 Å². The molecule has 0 aliphatic carbocycles. The van der Waals surface area contributed by atoms with E-state index in [1.807, 2.05) is 0 Å². The topological polar surface area (TPSA) is 99.0 Å². The van der Waals surface area contributed by atoms with Gasteiger partial charge in [0.1, 0.15) is 12.3 Å². The van der Waals surface area contributed by atoms with E-state index in [0.717, 1.165) is 0 Å². The number of nitrogens with one attached hydrogen (secondary N) is 1. The molecule has 1 amide bonds. The molecule has 0 unspecified atom stereocenters. The van der Waals surface area contributed by atoms with Gasteiger partial charge in [-0.05, 0) is 59.8 Å². The van der Waals surface area contributed by atoms with E-state index in [0.29, 0.717) is 33.1 Å². The molecule has 0 bridgehead atoms. The molecule has 4 aromatic rings. The Morgan fingerprint density at radius 3 is 2.53 bits per heavy atom. The van der Waals surface area contributed by atoms with Gasteiger partial charge < -0.3 is 10.1 Å². The van der Waals surface area contributed by atoms with Crippen molar-refractivity contribution in [3.8, 4) is 17.1 Å². The number of anilines is 1. The molecule has 1 N–H and O–H groups in total. The van der Waals surface area contributed by atoms with Crippen molar-refractivity contribution < 1.29 is 14.3 Å². The van der Waals surface area contributed by atoms with Crippen molar-refractivity contribution in [1.82, 2.24) is 20.2 Å². The number of benzene rings is 3. The van der Waals surface area contributed by atoms with Crippen LogP contribution in [0.1, 0.15) is 20.7 Å². The fraction of sp³-hybridized carbons (Fsp3) is 0.0870. The number of Topliss-reactive ketones (excluding diaryl/α,β-unsaturated/α-hetero) is 1. The molecule has 3 aromatic carbocycles. The molecule has 0 fully saturated rings. The summed E-state index contributed by atoms with van der Waals surface area (Å²) in [6.45, 7) is -0.0730. The smallest absolute Gasteiger partial charge is 0.255 e. The normalized spacial score (nSPS) is 10.6. The highest BCUT2D eigenvalue weighted by molar-refractivity contribution is 6.31. The summed E-state index contributed by atoms with van der Waals surface area (Å²) in [6.07, 6.45) is 0. The van der Waals surface area contributed by atoms with Crippen LogP contribution in [0.5, 0.6) is 5.75 Å². The predicted molar refractivity (Wildman–Crippen MR) is 120 cm³/mol. The second kappa shape index (κ2) is 9.40. The molecular formula is C23H18ClN5O3. The monoisotopic (exact) mass is 447 g/mol. The first-order chi connectivity index (χ1) is 15.5. The van der Waals surface area contributed by atoms with Gasteiger partial charge in [0.05, 0.1) is 12.8 Å². The fourth-order valence-corrected chi connectivity index (χ4v) is 3.22. The Kier molecular flexibility index (Phi) is 6.23. The van der Waals surface area contributed by atoms with Gasteiger partial charge in [-0.2, -0.15) is 4.80 Å². The minimum atomic E-state index is -0.318. The van der Waals surface area contributed by atoms with Crippen LogP contribution in [0.3, 0.4) is 0 Å². The third-order valence-corrected chi connectivity index (χ3v) is 4.89. The van der Waals surface area contributed by atoms with E-state index in [1.165, 1.54) is 4.80 Å². The minimum absolute atomic E-state index is 0.0730. The molecule has 8 nitrogen and oxygen atoms in total. The van der Waals surface area contributed by atoms with Crippen molar-refractivity contribution in [2.24, 2.45) is 0 Å². The SMILES string of the molecule is COc1ccc(C(=O)Cn2nnc(-c3ccccc3NC(=O)c3cccc(Cl)c3)n2)cc1. The zero-order chi connectivity index (χ0) is 22.5. The summed E-state index contributed by atoms with van der Waals surface area (Å²) in [5, 5.41) is 15.7. The Morgan fingerprint density at radius 2 is 1.78 bits per heavy atom. The number of hydrogen-bond acceptors (Lipinski definition) is 6. The van der Waals surface area contributed by atoms with Gasteiger partial charge in [0.2, 0.25) is 5.82 Å². The molecule has 0 atom stereocenters. The summed E-state index contributed by atoms with van der Waals surface area (Å²) >= 11 is 5.98. The van der Waals surface area contributed by atoms with Crippen LogP contribution in [0.25, 0.3) is 11.4 Å². The molecule has 0 saturated heterocycles. The summed E-state index contributed by atoms with van der Waals surface area (Å²) < 4.78 is 5.10. The molecule has 1 aromatic heterocycles. The number of ether oxygens (including phenoxy) is 1. The van der Waals surface area contributed by atoms with E-state index >= 15 is 0 Å². The van der Waals surface area contributed by atoms with E-state index in [2.05, 4.69) is 20.7 Å². The fourth-order valence-electron chi connectivity index (χ4n) is 3.03. The van der Waals surface area contributed by atoms with E-state index < -0.39 is 0 Å². The Bertz CT molecular complexity index is 1270. The zero-order valence-corrected chi connectivity index (χ0v) is 17.8. The number of amides is 1. The lowest BCUT2D eigenvalue weighted by atomic mass is 10.1. The number of halogens is 1. The van der Waals surface area contributed by atoms with Crippen LogP contribution in [-0.2, 0) is 6.54 Å². The third-order valence-electron chi connectivity index (χ3n) is 4.65. The first-order valence-corrected chi connectivity index (χ1v) is 10.0. The summed E-state index contributed by atoms with van der Waals surface area (Å²) in [6, 6.07) is 20.5. The standard InChI is InChI=1S/C23H18ClN5O3/c1-32-18-11-9-15(10-12-18)21(30)14-29-27-22(26-28-29)19-7-2-3-8-20(19)25-23(31)16-5-4-6-17(24)13-16/h2-13H,14H2,1H3,(H,25,31). The van der Waals surface area contributed by atoms with Gasteiger partial charge >= 0.3 is 0 Å². The maximum atomic E-state index is 12.6. The molecule has 0 radical (unpaired) electrons. The first-order valence-electron chi connectivity index (χ1n) is 9.65. The molecule has 0 saturated carbocycles. The van der Waals surface area contributed by atoms with Gasteiger partial charge in [-0.1, -0.05) is 29.8 Å². The van der Waals surface area contributed by atoms with Gasteiger partial charge in [-0.25, -0.2) is 0 Å². The van der Waals surface area contributed by atoms with Crippen LogP contribution < -0.4 is 10.1 Å². The van der Waals surface area contributed by atoms with Crippen LogP contribution in [0.2, 0.25) is 5.02 Å². The number of carbonyl (C=O) groups excluding carboxylic acids is 2. The van der Waals surface area contributed by atoms with Crippen LogP contribution in [0, 0.1) is 0 Å². The minimum Gasteiger partial charge on any atom is -0.497 e. The lowest BCUT2D eigenvalue weighted by Crippen LogP contribution is -2.13. The maximum absolute atomic E-state index is 12.6. The summed E-state index contributed by atoms with van der Waals surface area (Å²) in [4.78, 5) is 26.4. The molecule has 9 heteroatoms. The molecular weight excluding hydrogens is 430 g/mol. The van der Waals surface area contributed by atoms with Crippen molar-refractivity contribution in [3.05, 3.63) is 88.9 Å². The molecule has 4 rings (SSSR count). The second-order valence-electron chi connectivity index (χ2n) is 6.81. The highest BCUT2D eigenvalue weighted by Crippen LogP contribution is 2.25. The van der Waals surface area contributed by atoms with Crippen molar-refractivity contribution in [1.29, 1.82) is 0 Å². The van der Waals surface area contributed by atoms with Crippen molar-refractivity contribution in [2.45, 2.75) is 6.54 Å². The van der Waals surface area contributed by atoms with Gasteiger partial charge in [-0.15, -0.1) is 10.2 Å². The number of ketones is 1. The second-order valence-corrected chi connectivity index (χ2v) is 7.24. The van der Waals surface area contributed by atoms with Gasteiger partial charge in [0.25, 0.3) is 5.91 Å². The molecule has 0 aliphatic rings. The highest BCUT2D eigenvalue weighted by atomic mass is 35.5.